The van der Waals surface area contributed by atoms with E-state index in [-0.39, 0.29) is 0 Å². The fourth-order valence-corrected chi connectivity index (χ4v) is 1.97. The normalized spacial score (nSPS) is 10.6. The second kappa shape index (κ2) is 6.14. The maximum Gasteiger partial charge on any atom is 0.132 e. The number of hydrogen-bond donors (Lipinski definition) is 1. The van der Waals surface area contributed by atoms with Crippen LogP contribution in [-0.2, 0) is 12.8 Å². The van der Waals surface area contributed by atoms with E-state index in [4.69, 9.17) is 28.9 Å². The molecule has 0 spiro atoms. The number of benzene rings is 1. The number of aromatic nitrogens is 2. The molecule has 0 aliphatic rings. The molecule has 1 aromatic carbocycles. The van der Waals surface area contributed by atoms with Crippen LogP contribution >= 0.6 is 23.2 Å². The molecule has 0 bridgehead atoms. The Hall–Kier alpha value is -1.16. The van der Waals surface area contributed by atoms with Crippen molar-refractivity contribution in [1.82, 2.24) is 9.97 Å². The quantitative estimate of drug-likeness (QED) is 0.938. The predicted octanol–water partition coefficient (Wildman–Crippen LogP) is 2.88. The number of nitrogens with two attached hydrogens (primary N) is 1. The summed E-state index contributed by atoms with van der Waals surface area (Å²) in [6.07, 6.45) is 3.15. The third-order valence-corrected chi connectivity index (χ3v) is 3.25. The molecular formula is C13H13Cl2N3. The van der Waals surface area contributed by atoms with Gasteiger partial charge in [-0.1, -0.05) is 29.3 Å². The van der Waals surface area contributed by atoms with E-state index >= 15 is 0 Å². The lowest BCUT2D eigenvalue weighted by Crippen LogP contribution is -2.06. The highest BCUT2D eigenvalue weighted by Crippen LogP contribution is 2.23. The molecule has 0 radical (unpaired) electrons. The van der Waals surface area contributed by atoms with Gasteiger partial charge in [0, 0.05) is 24.7 Å². The molecule has 94 valence electrons. The van der Waals surface area contributed by atoms with Crippen LogP contribution in [0.25, 0.3) is 0 Å². The van der Waals surface area contributed by atoms with E-state index in [9.17, 15) is 0 Å². The largest absolute Gasteiger partial charge is 0.330 e. The van der Waals surface area contributed by atoms with Crippen molar-refractivity contribution in [1.29, 1.82) is 0 Å². The Morgan fingerprint density at radius 3 is 2.67 bits per heavy atom. The van der Waals surface area contributed by atoms with Crippen LogP contribution in [0, 0.1) is 0 Å². The second-order valence-corrected chi connectivity index (χ2v) is 4.74. The first-order chi connectivity index (χ1) is 8.69. The molecule has 0 unspecified atom stereocenters. The van der Waals surface area contributed by atoms with Gasteiger partial charge in [0.05, 0.1) is 10.0 Å². The molecule has 0 aliphatic heterocycles. The lowest BCUT2D eigenvalue weighted by molar-refractivity contribution is 0.866. The van der Waals surface area contributed by atoms with Crippen molar-refractivity contribution in [2.75, 3.05) is 6.54 Å². The van der Waals surface area contributed by atoms with Gasteiger partial charge in [-0.3, -0.25) is 0 Å². The Labute approximate surface area is 116 Å². The fraction of sp³-hybridized carbons (Fsp3) is 0.231. The first-order valence-corrected chi connectivity index (χ1v) is 6.39. The molecule has 0 saturated carbocycles. The lowest BCUT2D eigenvalue weighted by atomic mass is 10.1. The van der Waals surface area contributed by atoms with Crippen LogP contribution in [0.2, 0.25) is 10.0 Å². The van der Waals surface area contributed by atoms with Crippen molar-refractivity contribution < 1.29 is 0 Å². The zero-order valence-electron chi connectivity index (χ0n) is 9.74. The standard InChI is InChI=1S/C13H13Cl2N3/c14-11-2-1-9(7-12(11)15)8-13-17-6-4-10(18-13)3-5-16/h1-2,4,6-7H,3,5,8,16H2. The Morgan fingerprint density at radius 1 is 1.11 bits per heavy atom. The van der Waals surface area contributed by atoms with Crippen LogP contribution in [0.15, 0.2) is 30.5 Å². The molecule has 2 rings (SSSR count). The Kier molecular flexibility index (Phi) is 4.53. The molecule has 2 N–H and O–H groups in total. The Bertz CT molecular complexity index is 544. The summed E-state index contributed by atoms with van der Waals surface area (Å²) in [7, 11) is 0. The minimum Gasteiger partial charge on any atom is -0.330 e. The van der Waals surface area contributed by atoms with Gasteiger partial charge in [-0.25, -0.2) is 9.97 Å². The summed E-state index contributed by atoms with van der Waals surface area (Å²) in [5.74, 6) is 0.763. The Balaban J connectivity index is 2.17. The number of rotatable bonds is 4. The summed E-state index contributed by atoms with van der Waals surface area (Å²) in [5.41, 5.74) is 7.50. The number of nitrogens with zero attached hydrogens (tertiary/aromatic N) is 2. The molecule has 5 heteroatoms. The summed E-state index contributed by atoms with van der Waals surface area (Å²) >= 11 is 11.8. The van der Waals surface area contributed by atoms with Crippen molar-refractivity contribution in [2.24, 2.45) is 5.73 Å². The first-order valence-electron chi connectivity index (χ1n) is 5.64. The SMILES string of the molecule is NCCc1ccnc(Cc2ccc(Cl)c(Cl)c2)n1. The molecule has 0 saturated heterocycles. The summed E-state index contributed by atoms with van der Waals surface area (Å²) in [6.45, 7) is 0.587. The smallest absolute Gasteiger partial charge is 0.132 e. The highest BCUT2D eigenvalue weighted by Gasteiger charge is 2.04. The molecule has 0 aliphatic carbocycles. The van der Waals surface area contributed by atoms with Crippen LogP contribution < -0.4 is 5.73 Å². The maximum absolute atomic E-state index is 5.97. The number of hydrogen-bond acceptors (Lipinski definition) is 3. The van der Waals surface area contributed by atoms with Crippen molar-refractivity contribution >= 4 is 23.2 Å². The van der Waals surface area contributed by atoms with Gasteiger partial charge in [0.15, 0.2) is 0 Å². The van der Waals surface area contributed by atoms with Gasteiger partial charge in [0.25, 0.3) is 0 Å². The van der Waals surface area contributed by atoms with E-state index in [1.54, 1.807) is 12.3 Å². The predicted molar refractivity (Wildman–Crippen MR) is 74.1 cm³/mol. The zero-order valence-corrected chi connectivity index (χ0v) is 11.2. The summed E-state index contributed by atoms with van der Waals surface area (Å²) < 4.78 is 0. The van der Waals surface area contributed by atoms with Gasteiger partial charge in [-0.15, -0.1) is 0 Å². The first kappa shape index (κ1) is 13.3. The van der Waals surface area contributed by atoms with Gasteiger partial charge < -0.3 is 5.73 Å². The van der Waals surface area contributed by atoms with E-state index in [0.29, 0.717) is 23.0 Å². The van der Waals surface area contributed by atoms with E-state index < -0.39 is 0 Å². The van der Waals surface area contributed by atoms with Crippen LogP contribution in [0.4, 0.5) is 0 Å². The van der Waals surface area contributed by atoms with Crippen LogP contribution in [0.1, 0.15) is 17.1 Å². The molecule has 2 aromatic rings. The highest BCUT2D eigenvalue weighted by atomic mass is 35.5. The summed E-state index contributed by atoms with van der Waals surface area (Å²) in [5, 5.41) is 1.10. The minimum absolute atomic E-state index is 0.548. The van der Waals surface area contributed by atoms with Crippen molar-refractivity contribution in [3.05, 3.63) is 57.6 Å². The lowest BCUT2D eigenvalue weighted by Gasteiger charge is -2.04. The topological polar surface area (TPSA) is 51.8 Å². The third-order valence-electron chi connectivity index (χ3n) is 2.51. The average molecular weight is 282 g/mol. The van der Waals surface area contributed by atoms with Gasteiger partial charge >= 0.3 is 0 Å². The fourth-order valence-electron chi connectivity index (χ4n) is 1.65. The average Bonchev–Trinajstić information content (AvgIpc) is 2.35. The zero-order chi connectivity index (χ0) is 13.0. The third kappa shape index (κ3) is 3.42. The highest BCUT2D eigenvalue weighted by molar-refractivity contribution is 6.42. The monoisotopic (exact) mass is 281 g/mol. The molecule has 1 heterocycles. The molecule has 0 amide bonds. The van der Waals surface area contributed by atoms with Crippen molar-refractivity contribution in [3.8, 4) is 0 Å². The summed E-state index contributed by atoms with van der Waals surface area (Å²) in [4.78, 5) is 8.68. The Morgan fingerprint density at radius 2 is 1.94 bits per heavy atom. The van der Waals surface area contributed by atoms with Crippen LogP contribution in [-0.4, -0.2) is 16.5 Å². The van der Waals surface area contributed by atoms with E-state index in [1.165, 1.54) is 0 Å². The van der Waals surface area contributed by atoms with Gasteiger partial charge in [0.1, 0.15) is 5.82 Å². The van der Waals surface area contributed by atoms with E-state index in [0.717, 1.165) is 23.5 Å². The molecule has 0 fully saturated rings. The second-order valence-electron chi connectivity index (χ2n) is 3.93. The number of halogens is 2. The van der Waals surface area contributed by atoms with Crippen LogP contribution in [0.5, 0.6) is 0 Å². The maximum atomic E-state index is 5.97. The molecule has 1 aromatic heterocycles. The van der Waals surface area contributed by atoms with Crippen LogP contribution in [0.3, 0.4) is 0 Å². The van der Waals surface area contributed by atoms with Gasteiger partial charge in [-0.2, -0.15) is 0 Å². The van der Waals surface area contributed by atoms with Gasteiger partial charge in [0.2, 0.25) is 0 Å². The molecular weight excluding hydrogens is 269 g/mol. The molecule has 3 nitrogen and oxygen atoms in total. The van der Waals surface area contributed by atoms with E-state index in [1.807, 2.05) is 18.2 Å². The summed E-state index contributed by atoms with van der Waals surface area (Å²) in [6, 6.07) is 7.42. The van der Waals surface area contributed by atoms with Crippen molar-refractivity contribution in [3.63, 3.8) is 0 Å². The molecule has 0 atom stereocenters. The molecule has 18 heavy (non-hydrogen) atoms. The van der Waals surface area contributed by atoms with Gasteiger partial charge in [-0.05, 0) is 30.3 Å². The minimum atomic E-state index is 0.548. The van der Waals surface area contributed by atoms with E-state index in [2.05, 4.69) is 9.97 Å². The van der Waals surface area contributed by atoms with Crippen molar-refractivity contribution in [2.45, 2.75) is 12.8 Å².